The zero-order valence-electron chi connectivity index (χ0n) is 17.1. The van der Waals surface area contributed by atoms with Crippen LogP contribution in [0.2, 0.25) is 0 Å². The Morgan fingerprint density at radius 1 is 1.24 bits per heavy atom. The second-order valence-corrected chi connectivity index (χ2v) is 7.67. The van der Waals surface area contributed by atoms with E-state index in [0.29, 0.717) is 32.7 Å². The summed E-state index contributed by atoms with van der Waals surface area (Å²) in [5.74, 6) is -0.112. The monoisotopic (exact) mass is 398 g/mol. The topological polar surface area (TPSA) is 77.3 Å². The summed E-state index contributed by atoms with van der Waals surface area (Å²) >= 11 is 0. The van der Waals surface area contributed by atoms with E-state index < -0.39 is 5.41 Å². The highest BCUT2D eigenvalue weighted by molar-refractivity contribution is 5.80. The number of aromatic nitrogens is 3. The molecule has 1 aromatic heterocycles. The van der Waals surface area contributed by atoms with E-state index in [1.807, 2.05) is 30.0 Å². The summed E-state index contributed by atoms with van der Waals surface area (Å²) in [6, 6.07) is 10.3. The quantitative estimate of drug-likeness (QED) is 0.607. The number of hydrogen-bond donors (Lipinski definition) is 0. The number of ether oxygens (including phenoxy) is 1. The molecule has 0 saturated carbocycles. The molecule has 2 aromatic rings. The van der Waals surface area contributed by atoms with E-state index in [1.165, 1.54) is 11.9 Å². The van der Waals surface area contributed by atoms with Crippen molar-refractivity contribution >= 4 is 11.9 Å². The highest BCUT2D eigenvalue weighted by atomic mass is 16.5. The highest BCUT2D eigenvalue weighted by Crippen LogP contribution is 2.37. The maximum atomic E-state index is 12.9. The van der Waals surface area contributed by atoms with Crippen LogP contribution in [0.3, 0.4) is 0 Å². The van der Waals surface area contributed by atoms with Crippen molar-refractivity contribution in [3.05, 3.63) is 48.5 Å². The Morgan fingerprint density at radius 3 is 2.79 bits per heavy atom. The molecule has 1 aliphatic rings. The Morgan fingerprint density at radius 2 is 2.07 bits per heavy atom. The van der Waals surface area contributed by atoms with Crippen molar-refractivity contribution in [1.29, 1.82) is 0 Å². The minimum absolute atomic E-state index is 0.0527. The fourth-order valence-electron chi connectivity index (χ4n) is 4.09. The van der Waals surface area contributed by atoms with Gasteiger partial charge in [-0.05, 0) is 44.6 Å². The number of amides is 1. The standard InChI is InChI=1S/C22H30N4O3/c1-2-29-21(28)22(12-6-10-19-8-4-3-5-9-19)13-7-14-25(16-22)20(27)11-15-26-18-23-17-24-26/h3-5,8-9,17-18H,2,6-7,10-16H2,1H3. The molecule has 0 N–H and O–H groups in total. The van der Waals surface area contributed by atoms with Gasteiger partial charge in [-0.15, -0.1) is 0 Å². The van der Waals surface area contributed by atoms with Gasteiger partial charge in [0.05, 0.1) is 18.6 Å². The summed E-state index contributed by atoms with van der Waals surface area (Å²) in [5, 5.41) is 4.04. The van der Waals surface area contributed by atoms with Crippen LogP contribution < -0.4 is 0 Å². The molecular formula is C22H30N4O3. The zero-order chi connectivity index (χ0) is 20.5. The van der Waals surface area contributed by atoms with Crippen molar-refractivity contribution in [1.82, 2.24) is 19.7 Å². The number of piperidine rings is 1. The van der Waals surface area contributed by atoms with Gasteiger partial charge < -0.3 is 9.64 Å². The van der Waals surface area contributed by atoms with E-state index in [1.54, 1.807) is 11.0 Å². The number of esters is 1. The minimum atomic E-state index is -0.605. The van der Waals surface area contributed by atoms with Gasteiger partial charge in [-0.3, -0.25) is 14.3 Å². The normalized spacial score (nSPS) is 19.1. The molecule has 1 amide bonds. The molecule has 1 atom stereocenters. The summed E-state index contributed by atoms with van der Waals surface area (Å²) < 4.78 is 7.09. The third-order valence-electron chi connectivity index (χ3n) is 5.62. The van der Waals surface area contributed by atoms with Crippen molar-refractivity contribution in [2.45, 2.75) is 52.0 Å². The van der Waals surface area contributed by atoms with E-state index in [9.17, 15) is 9.59 Å². The lowest BCUT2D eigenvalue weighted by atomic mass is 9.75. The molecule has 1 saturated heterocycles. The predicted molar refractivity (Wildman–Crippen MR) is 109 cm³/mol. The van der Waals surface area contributed by atoms with Crippen molar-refractivity contribution in [3.63, 3.8) is 0 Å². The Kier molecular flexibility index (Phi) is 7.38. The Balaban J connectivity index is 1.62. The van der Waals surface area contributed by atoms with Crippen LogP contribution >= 0.6 is 0 Å². The maximum Gasteiger partial charge on any atom is 0.313 e. The van der Waals surface area contributed by atoms with Crippen molar-refractivity contribution in [3.8, 4) is 0 Å². The predicted octanol–water partition coefficient (Wildman–Crippen LogP) is 2.86. The molecule has 156 valence electrons. The smallest absolute Gasteiger partial charge is 0.313 e. The number of carbonyl (C=O) groups excluding carboxylic acids is 2. The maximum absolute atomic E-state index is 12.9. The Labute approximate surface area is 172 Å². The largest absolute Gasteiger partial charge is 0.466 e. The van der Waals surface area contributed by atoms with Gasteiger partial charge in [-0.2, -0.15) is 5.10 Å². The molecular weight excluding hydrogens is 368 g/mol. The summed E-state index contributed by atoms with van der Waals surface area (Å²) in [7, 11) is 0. The number of hydrogen-bond acceptors (Lipinski definition) is 5. The van der Waals surface area contributed by atoms with Crippen LogP contribution in [0.25, 0.3) is 0 Å². The number of likely N-dealkylation sites (tertiary alicyclic amines) is 1. The van der Waals surface area contributed by atoms with Crippen molar-refractivity contribution in [2.75, 3.05) is 19.7 Å². The first-order valence-corrected chi connectivity index (χ1v) is 10.4. The Hall–Kier alpha value is -2.70. The molecule has 2 heterocycles. The van der Waals surface area contributed by atoms with E-state index in [2.05, 4.69) is 22.2 Å². The fourth-order valence-corrected chi connectivity index (χ4v) is 4.09. The lowest BCUT2D eigenvalue weighted by Crippen LogP contribution is -2.50. The second kappa shape index (κ2) is 10.2. The third kappa shape index (κ3) is 5.65. The molecule has 1 unspecified atom stereocenters. The van der Waals surface area contributed by atoms with Crippen molar-refractivity contribution in [2.24, 2.45) is 5.41 Å². The van der Waals surface area contributed by atoms with Crippen LogP contribution in [0.15, 0.2) is 43.0 Å². The molecule has 29 heavy (non-hydrogen) atoms. The summed E-state index contributed by atoms with van der Waals surface area (Å²) in [5.41, 5.74) is 0.662. The summed E-state index contributed by atoms with van der Waals surface area (Å²) in [6.45, 7) is 3.82. The highest BCUT2D eigenvalue weighted by Gasteiger charge is 2.44. The van der Waals surface area contributed by atoms with E-state index in [-0.39, 0.29) is 11.9 Å². The molecule has 0 radical (unpaired) electrons. The first-order chi connectivity index (χ1) is 14.1. The molecule has 7 nitrogen and oxygen atoms in total. The van der Waals surface area contributed by atoms with Gasteiger partial charge >= 0.3 is 5.97 Å². The average molecular weight is 399 g/mol. The average Bonchev–Trinajstić information content (AvgIpc) is 3.27. The first kappa shape index (κ1) is 21.0. The van der Waals surface area contributed by atoms with Gasteiger partial charge in [0.1, 0.15) is 12.7 Å². The number of rotatable bonds is 9. The lowest BCUT2D eigenvalue weighted by Gasteiger charge is -2.41. The summed E-state index contributed by atoms with van der Waals surface area (Å²) in [6.07, 6.45) is 7.55. The zero-order valence-corrected chi connectivity index (χ0v) is 17.1. The fraction of sp³-hybridized carbons (Fsp3) is 0.545. The van der Waals surface area contributed by atoms with Crippen molar-refractivity contribution < 1.29 is 14.3 Å². The SMILES string of the molecule is CCOC(=O)C1(CCCc2ccccc2)CCCN(C(=O)CCn2cncn2)C1. The molecule has 7 heteroatoms. The Bertz CT molecular complexity index is 779. The first-order valence-electron chi connectivity index (χ1n) is 10.4. The van der Waals surface area contributed by atoms with Gasteiger partial charge in [-0.1, -0.05) is 30.3 Å². The van der Waals surface area contributed by atoms with E-state index in [0.717, 1.165) is 32.1 Å². The van der Waals surface area contributed by atoms with Crippen LogP contribution in [0, 0.1) is 5.41 Å². The summed E-state index contributed by atoms with van der Waals surface area (Å²) in [4.78, 5) is 31.4. The minimum Gasteiger partial charge on any atom is -0.466 e. The lowest BCUT2D eigenvalue weighted by molar-refractivity contribution is -0.161. The molecule has 3 rings (SSSR count). The number of nitrogens with zero attached hydrogens (tertiary/aromatic N) is 4. The molecule has 0 aliphatic carbocycles. The van der Waals surface area contributed by atoms with Crippen LogP contribution in [0.4, 0.5) is 0 Å². The van der Waals surface area contributed by atoms with E-state index in [4.69, 9.17) is 4.74 Å². The molecule has 0 bridgehead atoms. The van der Waals surface area contributed by atoms with Gasteiger partial charge in [0.15, 0.2) is 0 Å². The third-order valence-corrected chi connectivity index (χ3v) is 5.62. The number of aryl methyl sites for hydroxylation is 2. The van der Waals surface area contributed by atoms with Crippen LogP contribution in [0.5, 0.6) is 0 Å². The number of carbonyl (C=O) groups is 2. The van der Waals surface area contributed by atoms with Gasteiger partial charge in [0.2, 0.25) is 5.91 Å². The van der Waals surface area contributed by atoms with Gasteiger partial charge in [-0.25, -0.2) is 4.98 Å². The second-order valence-electron chi connectivity index (χ2n) is 7.67. The van der Waals surface area contributed by atoms with Gasteiger partial charge in [0.25, 0.3) is 0 Å². The molecule has 1 aliphatic heterocycles. The molecule has 1 fully saturated rings. The van der Waals surface area contributed by atoms with Crippen LogP contribution in [0.1, 0.15) is 44.6 Å². The molecule has 1 aromatic carbocycles. The van der Waals surface area contributed by atoms with Crippen LogP contribution in [-0.2, 0) is 27.3 Å². The van der Waals surface area contributed by atoms with Crippen LogP contribution in [-0.4, -0.2) is 51.2 Å². The van der Waals surface area contributed by atoms with Gasteiger partial charge in [0, 0.05) is 19.5 Å². The van der Waals surface area contributed by atoms with E-state index >= 15 is 0 Å². The molecule has 0 spiro atoms. The number of benzene rings is 1.